The maximum atomic E-state index is 12.5. The number of hydrogen-bond acceptors (Lipinski definition) is 6. The Morgan fingerprint density at radius 2 is 1.89 bits per heavy atom. The number of carbonyl (C=O) groups excluding carboxylic acids is 1. The third-order valence-electron chi connectivity index (χ3n) is 5.27. The average Bonchev–Trinajstić information content (AvgIpc) is 3.31. The summed E-state index contributed by atoms with van der Waals surface area (Å²) in [5, 5.41) is 24.1. The van der Waals surface area contributed by atoms with Crippen LogP contribution in [0.3, 0.4) is 0 Å². The summed E-state index contributed by atoms with van der Waals surface area (Å²) in [5.74, 6) is 0.681. The zero-order valence-electron chi connectivity index (χ0n) is 19.6. The standard InChI is InChI=1S/C26H25N5O3S/c1-17-9-12-21(13-10-17)31-25(19-7-5-4-6-8-19)29-30-26(31)35-16-24(33)28-27-18(2)20-11-14-22(32)23(15-20)34-3/h4-15H,16H2,1-3H3,(H2,27,28,32,33). The van der Waals surface area contributed by atoms with Crippen LogP contribution in [0.15, 0.2) is 83.1 Å². The zero-order valence-corrected chi connectivity index (χ0v) is 20.4. The van der Waals surface area contributed by atoms with Crippen LogP contribution in [0.5, 0.6) is 11.5 Å². The molecule has 0 bridgehead atoms. The number of benzene rings is 3. The highest BCUT2D eigenvalue weighted by Crippen LogP contribution is 2.24. The summed E-state index contributed by atoms with van der Waals surface area (Å²) in [7, 11) is 1.44. The number of nitrogens with one attached hydrogen (secondary N) is 2. The molecule has 0 aliphatic heterocycles. The largest absolute Gasteiger partial charge is 0.870 e. The van der Waals surface area contributed by atoms with Crippen molar-refractivity contribution in [3.8, 4) is 28.6 Å². The summed E-state index contributed by atoms with van der Waals surface area (Å²) >= 11 is 1.30. The minimum Gasteiger partial charge on any atom is -0.870 e. The Balaban J connectivity index is 1.50. The molecule has 2 N–H and O–H groups in total. The SMILES string of the molecule is COc1cc(/C(C)=N\NC(=O)CSc2n[nH]c(-c3ccccc3)[n+]2-c2ccc(C)cc2)ccc1[O-]. The fourth-order valence-electron chi connectivity index (χ4n) is 3.38. The Bertz CT molecular complexity index is 1350. The van der Waals surface area contributed by atoms with E-state index in [1.807, 2.05) is 66.1 Å². The topological polar surface area (TPSA) is 106 Å². The molecule has 1 heterocycles. The van der Waals surface area contributed by atoms with Crippen molar-refractivity contribution in [1.29, 1.82) is 0 Å². The molecule has 9 heteroatoms. The van der Waals surface area contributed by atoms with Crippen molar-refractivity contribution in [3.05, 3.63) is 83.9 Å². The molecule has 0 aliphatic rings. The van der Waals surface area contributed by atoms with Gasteiger partial charge < -0.3 is 9.84 Å². The van der Waals surface area contributed by atoms with Crippen LogP contribution in [0, 0.1) is 6.92 Å². The van der Waals surface area contributed by atoms with E-state index in [1.54, 1.807) is 19.1 Å². The fraction of sp³-hybridized carbons (Fsp3) is 0.154. The third kappa shape index (κ3) is 5.70. The normalized spacial score (nSPS) is 11.3. The molecule has 0 unspecified atom stereocenters. The monoisotopic (exact) mass is 487 g/mol. The van der Waals surface area contributed by atoms with Gasteiger partial charge >= 0.3 is 5.16 Å². The second-order valence-corrected chi connectivity index (χ2v) is 8.72. The van der Waals surface area contributed by atoms with Gasteiger partial charge in [-0.15, -0.1) is 5.10 Å². The van der Waals surface area contributed by atoms with E-state index in [0.29, 0.717) is 16.4 Å². The van der Waals surface area contributed by atoms with Crippen LogP contribution in [-0.2, 0) is 4.79 Å². The molecular formula is C26H25N5O3S. The van der Waals surface area contributed by atoms with E-state index in [2.05, 4.69) is 20.7 Å². The van der Waals surface area contributed by atoms with Crippen molar-refractivity contribution in [3.63, 3.8) is 0 Å². The Morgan fingerprint density at radius 3 is 2.60 bits per heavy atom. The fourth-order valence-corrected chi connectivity index (χ4v) is 4.14. The molecule has 0 saturated heterocycles. The van der Waals surface area contributed by atoms with Crippen molar-refractivity contribution >= 4 is 23.4 Å². The quantitative estimate of drug-likeness (QED) is 0.172. The molecule has 35 heavy (non-hydrogen) atoms. The number of nitrogens with zero attached hydrogens (tertiary/aromatic N) is 3. The molecule has 1 amide bonds. The van der Waals surface area contributed by atoms with Gasteiger partial charge in [0.15, 0.2) is 0 Å². The summed E-state index contributed by atoms with van der Waals surface area (Å²) in [4.78, 5) is 12.5. The predicted octanol–water partition coefficient (Wildman–Crippen LogP) is 3.38. The average molecular weight is 488 g/mol. The van der Waals surface area contributed by atoms with Crippen molar-refractivity contribution in [2.75, 3.05) is 12.9 Å². The minimum absolute atomic E-state index is 0.116. The van der Waals surface area contributed by atoms with E-state index < -0.39 is 0 Å². The molecule has 8 nitrogen and oxygen atoms in total. The Kier molecular flexibility index (Phi) is 7.47. The minimum atomic E-state index is -0.276. The van der Waals surface area contributed by atoms with Gasteiger partial charge in [-0.1, -0.05) is 53.8 Å². The molecule has 0 fully saturated rings. The predicted molar refractivity (Wildman–Crippen MR) is 134 cm³/mol. The Hall–Kier alpha value is -4.11. The van der Waals surface area contributed by atoms with Crippen LogP contribution in [0.2, 0.25) is 0 Å². The highest BCUT2D eigenvalue weighted by Gasteiger charge is 2.24. The van der Waals surface area contributed by atoms with Gasteiger partial charge in [-0.3, -0.25) is 4.79 Å². The van der Waals surface area contributed by atoms with Crippen LogP contribution in [0.4, 0.5) is 0 Å². The summed E-state index contributed by atoms with van der Waals surface area (Å²) in [5.41, 5.74) is 6.89. The van der Waals surface area contributed by atoms with Crippen molar-refractivity contribution in [2.45, 2.75) is 19.0 Å². The first-order valence-electron chi connectivity index (χ1n) is 10.9. The molecule has 1 aromatic heterocycles. The van der Waals surface area contributed by atoms with Gasteiger partial charge in [0.1, 0.15) is 11.4 Å². The number of aromatic nitrogens is 3. The van der Waals surface area contributed by atoms with E-state index in [-0.39, 0.29) is 23.2 Å². The second kappa shape index (κ2) is 10.9. The first-order chi connectivity index (χ1) is 17.0. The van der Waals surface area contributed by atoms with Gasteiger partial charge in [0.2, 0.25) is 0 Å². The van der Waals surface area contributed by atoms with Crippen LogP contribution >= 0.6 is 11.8 Å². The molecule has 0 aliphatic carbocycles. The molecule has 0 atom stereocenters. The van der Waals surface area contributed by atoms with E-state index in [1.165, 1.54) is 24.9 Å². The number of thioether (sulfide) groups is 1. The summed E-state index contributed by atoms with van der Waals surface area (Å²) in [6.45, 7) is 3.79. The van der Waals surface area contributed by atoms with E-state index in [0.717, 1.165) is 22.6 Å². The Morgan fingerprint density at radius 1 is 1.14 bits per heavy atom. The van der Waals surface area contributed by atoms with E-state index >= 15 is 0 Å². The van der Waals surface area contributed by atoms with Crippen LogP contribution in [-0.4, -0.2) is 34.7 Å². The number of aromatic amines is 1. The second-order valence-electron chi connectivity index (χ2n) is 7.78. The number of amides is 1. The highest BCUT2D eigenvalue weighted by atomic mass is 32.2. The van der Waals surface area contributed by atoms with Crippen molar-refractivity contribution in [1.82, 2.24) is 15.6 Å². The zero-order chi connectivity index (χ0) is 24.8. The third-order valence-corrected chi connectivity index (χ3v) is 6.21. The maximum Gasteiger partial charge on any atom is 0.342 e. The number of rotatable bonds is 8. The number of ether oxygens (including phenoxy) is 1. The maximum absolute atomic E-state index is 12.5. The number of hydrogen-bond donors (Lipinski definition) is 2. The number of aryl methyl sites for hydroxylation is 1. The van der Waals surface area contributed by atoms with Crippen LogP contribution in [0.1, 0.15) is 18.1 Å². The first-order valence-corrected chi connectivity index (χ1v) is 11.9. The lowest BCUT2D eigenvalue weighted by molar-refractivity contribution is -0.625. The van der Waals surface area contributed by atoms with Crippen LogP contribution in [0.25, 0.3) is 17.1 Å². The molecule has 178 valence electrons. The van der Waals surface area contributed by atoms with Gasteiger partial charge in [0.25, 0.3) is 11.7 Å². The van der Waals surface area contributed by atoms with Crippen molar-refractivity contribution in [2.24, 2.45) is 5.10 Å². The number of methoxy groups -OCH3 is 1. The van der Waals surface area contributed by atoms with Gasteiger partial charge in [-0.05, 0) is 55.9 Å². The first kappa shape index (κ1) is 24.0. The highest BCUT2D eigenvalue weighted by molar-refractivity contribution is 7.99. The number of H-pyrrole nitrogens is 1. The lowest BCUT2D eigenvalue weighted by Crippen LogP contribution is -2.34. The van der Waals surface area contributed by atoms with Gasteiger partial charge in [-0.25, -0.2) is 5.43 Å². The smallest absolute Gasteiger partial charge is 0.342 e. The van der Waals surface area contributed by atoms with Crippen molar-refractivity contribution < 1.29 is 19.2 Å². The molecular weight excluding hydrogens is 462 g/mol. The molecule has 4 rings (SSSR count). The molecule has 0 radical (unpaired) electrons. The van der Waals surface area contributed by atoms with Gasteiger partial charge in [0, 0.05) is 5.56 Å². The van der Waals surface area contributed by atoms with Gasteiger partial charge in [0.05, 0.1) is 29.2 Å². The van der Waals surface area contributed by atoms with E-state index in [4.69, 9.17) is 4.74 Å². The van der Waals surface area contributed by atoms with E-state index in [9.17, 15) is 9.90 Å². The van der Waals surface area contributed by atoms with Crippen LogP contribution < -0.4 is 19.8 Å². The summed E-state index contributed by atoms with van der Waals surface area (Å²) < 4.78 is 7.06. The summed E-state index contributed by atoms with van der Waals surface area (Å²) in [6.07, 6.45) is 0. The van der Waals surface area contributed by atoms with Gasteiger partial charge in [-0.2, -0.15) is 9.67 Å². The lowest BCUT2D eigenvalue weighted by Gasteiger charge is -2.13. The Labute approximate surface area is 207 Å². The number of carbonyl (C=O) groups is 1. The molecule has 0 spiro atoms. The molecule has 0 saturated carbocycles. The molecule has 3 aromatic carbocycles. The molecule has 4 aromatic rings. The lowest BCUT2D eigenvalue weighted by atomic mass is 10.1. The number of hydrazone groups is 1. The summed E-state index contributed by atoms with van der Waals surface area (Å²) in [6, 6.07) is 22.7.